The van der Waals surface area contributed by atoms with Crippen LogP contribution in [0.2, 0.25) is 5.28 Å². The average molecular weight is 332 g/mol. The second kappa shape index (κ2) is 6.96. The Bertz CT molecular complexity index is 673. The number of halogens is 1. The third-order valence-corrected chi connectivity index (χ3v) is 4.31. The molecule has 2 aromatic rings. The number of ether oxygens (including phenoxy) is 1. The van der Waals surface area contributed by atoms with Crippen molar-refractivity contribution in [1.82, 2.24) is 15.3 Å². The van der Waals surface area contributed by atoms with Crippen LogP contribution in [0.25, 0.3) is 0 Å². The molecule has 1 aliphatic rings. The van der Waals surface area contributed by atoms with Crippen LogP contribution in [0.4, 0.5) is 4.79 Å². The molecule has 1 aliphatic carbocycles. The standard InChI is InChI=1S/C17H18ClN3O2/c18-15-19-11-8-14(20-15)17(9-4-5-10-17)21-16(22)23-12-13-6-2-1-3-7-13/h1-3,6-8,11H,4-5,9-10,12H2,(H,21,22). The first-order valence-corrected chi connectivity index (χ1v) is 8.04. The van der Waals surface area contributed by atoms with E-state index < -0.39 is 11.6 Å². The van der Waals surface area contributed by atoms with Crippen LogP contribution in [0.15, 0.2) is 42.6 Å². The Hall–Kier alpha value is -2.14. The van der Waals surface area contributed by atoms with Crippen molar-refractivity contribution in [1.29, 1.82) is 0 Å². The molecule has 1 saturated carbocycles. The predicted molar refractivity (Wildman–Crippen MR) is 87.0 cm³/mol. The number of carbonyl (C=O) groups is 1. The second-order valence-electron chi connectivity index (χ2n) is 5.69. The summed E-state index contributed by atoms with van der Waals surface area (Å²) in [6, 6.07) is 11.4. The molecular formula is C17H18ClN3O2. The van der Waals surface area contributed by atoms with Crippen molar-refractivity contribution < 1.29 is 9.53 Å². The molecule has 0 spiro atoms. The van der Waals surface area contributed by atoms with E-state index in [9.17, 15) is 4.79 Å². The summed E-state index contributed by atoms with van der Waals surface area (Å²) >= 11 is 5.90. The fourth-order valence-electron chi connectivity index (χ4n) is 2.98. The van der Waals surface area contributed by atoms with Crippen molar-refractivity contribution in [3.05, 3.63) is 59.1 Å². The number of hydrogen-bond acceptors (Lipinski definition) is 4. The zero-order chi connectivity index (χ0) is 16.1. The Morgan fingerprint density at radius 1 is 1.22 bits per heavy atom. The highest BCUT2D eigenvalue weighted by Crippen LogP contribution is 2.38. The van der Waals surface area contributed by atoms with E-state index in [0.717, 1.165) is 36.9 Å². The van der Waals surface area contributed by atoms with Crippen LogP contribution < -0.4 is 5.32 Å². The molecule has 0 aliphatic heterocycles. The lowest BCUT2D eigenvalue weighted by molar-refractivity contribution is 0.125. The number of aromatic nitrogens is 2. The van der Waals surface area contributed by atoms with E-state index in [4.69, 9.17) is 16.3 Å². The summed E-state index contributed by atoms with van der Waals surface area (Å²) in [7, 11) is 0. The summed E-state index contributed by atoms with van der Waals surface area (Å²) in [5.41, 5.74) is 1.18. The second-order valence-corrected chi connectivity index (χ2v) is 6.02. The molecular weight excluding hydrogens is 314 g/mol. The molecule has 1 aromatic heterocycles. The molecule has 0 unspecified atom stereocenters. The minimum Gasteiger partial charge on any atom is -0.445 e. The van der Waals surface area contributed by atoms with Crippen molar-refractivity contribution >= 4 is 17.7 Å². The van der Waals surface area contributed by atoms with Gasteiger partial charge >= 0.3 is 6.09 Å². The first-order chi connectivity index (χ1) is 11.2. The van der Waals surface area contributed by atoms with Gasteiger partial charge in [-0.15, -0.1) is 0 Å². The Morgan fingerprint density at radius 2 is 1.96 bits per heavy atom. The number of alkyl carbamates (subject to hydrolysis) is 1. The number of nitrogens with zero attached hydrogens (tertiary/aromatic N) is 2. The van der Waals surface area contributed by atoms with Gasteiger partial charge in [0, 0.05) is 6.20 Å². The Labute approximate surface area is 140 Å². The summed E-state index contributed by atoms with van der Waals surface area (Å²) < 4.78 is 5.34. The normalized spacial score (nSPS) is 16.0. The van der Waals surface area contributed by atoms with Crippen molar-refractivity contribution in [3.8, 4) is 0 Å². The summed E-state index contributed by atoms with van der Waals surface area (Å²) in [5.74, 6) is 0. The Kier molecular flexibility index (Phi) is 4.76. The maximum atomic E-state index is 12.2. The van der Waals surface area contributed by atoms with E-state index >= 15 is 0 Å². The molecule has 1 aromatic carbocycles. The molecule has 120 valence electrons. The van der Waals surface area contributed by atoms with E-state index in [2.05, 4.69) is 15.3 Å². The summed E-state index contributed by atoms with van der Waals surface area (Å²) in [4.78, 5) is 20.4. The lowest BCUT2D eigenvalue weighted by Gasteiger charge is -2.29. The van der Waals surface area contributed by atoms with E-state index in [0.29, 0.717) is 0 Å². The highest BCUT2D eigenvalue weighted by Gasteiger charge is 2.39. The molecule has 1 heterocycles. The van der Waals surface area contributed by atoms with Crippen LogP contribution in [0.3, 0.4) is 0 Å². The molecule has 0 saturated heterocycles. The van der Waals surface area contributed by atoms with Gasteiger partial charge in [0.15, 0.2) is 0 Å². The van der Waals surface area contributed by atoms with Gasteiger partial charge in [-0.3, -0.25) is 0 Å². The van der Waals surface area contributed by atoms with Gasteiger partial charge in [0.25, 0.3) is 0 Å². The van der Waals surface area contributed by atoms with Gasteiger partial charge in [0.2, 0.25) is 5.28 Å². The van der Waals surface area contributed by atoms with Crippen LogP contribution in [-0.2, 0) is 16.9 Å². The molecule has 6 heteroatoms. The Morgan fingerprint density at radius 3 is 2.65 bits per heavy atom. The monoisotopic (exact) mass is 331 g/mol. The van der Waals surface area contributed by atoms with Gasteiger partial charge in [-0.2, -0.15) is 0 Å². The van der Waals surface area contributed by atoms with Crippen LogP contribution in [-0.4, -0.2) is 16.1 Å². The van der Waals surface area contributed by atoms with E-state index in [1.165, 1.54) is 0 Å². The molecule has 0 radical (unpaired) electrons. The number of nitrogens with one attached hydrogen (secondary N) is 1. The van der Waals surface area contributed by atoms with E-state index in [-0.39, 0.29) is 11.9 Å². The minimum absolute atomic E-state index is 0.188. The summed E-state index contributed by atoms with van der Waals surface area (Å²) in [6.45, 7) is 0.243. The SMILES string of the molecule is O=C(NC1(c2ccnc(Cl)n2)CCCC1)OCc1ccccc1. The van der Waals surface area contributed by atoms with Gasteiger partial charge in [-0.1, -0.05) is 43.2 Å². The van der Waals surface area contributed by atoms with Crippen molar-refractivity contribution in [2.24, 2.45) is 0 Å². The molecule has 1 fully saturated rings. The number of hydrogen-bond donors (Lipinski definition) is 1. The fraction of sp³-hybridized carbons (Fsp3) is 0.353. The summed E-state index contributed by atoms with van der Waals surface area (Å²) in [5, 5.41) is 3.18. The molecule has 1 amide bonds. The third kappa shape index (κ3) is 3.79. The van der Waals surface area contributed by atoms with Crippen LogP contribution in [0.5, 0.6) is 0 Å². The van der Waals surface area contributed by atoms with Gasteiger partial charge in [-0.05, 0) is 36.1 Å². The van der Waals surface area contributed by atoms with Crippen LogP contribution >= 0.6 is 11.6 Å². The minimum atomic E-state index is -0.514. The molecule has 1 N–H and O–H groups in total. The number of benzene rings is 1. The first-order valence-electron chi connectivity index (χ1n) is 7.66. The Balaban J connectivity index is 1.69. The van der Waals surface area contributed by atoms with Gasteiger partial charge in [-0.25, -0.2) is 14.8 Å². The smallest absolute Gasteiger partial charge is 0.408 e. The van der Waals surface area contributed by atoms with E-state index in [1.807, 2.05) is 30.3 Å². The predicted octanol–water partition coefficient (Wildman–Crippen LogP) is 3.83. The lowest BCUT2D eigenvalue weighted by Crippen LogP contribution is -2.44. The van der Waals surface area contributed by atoms with Crippen LogP contribution in [0.1, 0.15) is 36.9 Å². The number of rotatable bonds is 4. The largest absolute Gasteiger partial charge is 0.445 e. The van der Waals surface area contributed by atoms with Crippen molar-refractivity contribution in [2.45, 2.75) is 37.8 Å². The zero-order valence-electron chi connectivity index (χ0n) is 12.7. The van der Waals surface area contributed by atoms with Crippen LogP contribution in [0, 0.1) is 0 Å². The maximum Gasteiger partial charge on any atom is 0.408 e. The third-order valence-electron chi connectivity index (χ3n) is 4.13. The topological polar surface area (TPSA) is 64.1 Å². The molecule has 0 atom stereocenters. The fourth-order valence-corrected chi connectivity index (χ4v) is 3.13. The summed E-state index contributed by atoms with van der Waals surface area (Å²) in [6.07, 6.45) is 4.87. The first kappa shape index (κ1) is 15.7. The zero-order valence-corrected chi connectivity index (χ0v) is 13.4. The number of carbonyl (C=O) groups excluding carboxylic acids is 1. The molecule has 0 bridgehead atoms. The highest BCUT2D eigenvalue weighted by atomic mass is 35.5. The molecule has 3 rings (SSSR count). The quantitative estimate of drug-likeness (QED) is 0.865. The van der Waals surface area contributed by atoms with Crippen molar-refractivity contribution in [2.75, 3.05) is 0 Å². The lowest BCUT2D eigenvalue weighted by atomic mass is 9.93. The average Bonchev–Trinajstić information content (AvgIpc) is 3.04. The highest BCUT2D eigenvalue weighted by molar-refractivity contribution is 6.28. The molecule has 23 heavy (non-hydrogen) atoms. The van der Waals surface area contributed by atoms with Gasteiger partial charge < -0.3 is 10.1 Å². The maximum absolute atomic E-state index is 12.2. The van der Waals surface area contributed by atoms with Gasteiger partial charge in [0.05, 0.1) is 11.2 Å². The molecule has 5 nitrogen and oxygen atoms in total. The number of amides is 1. The van der Waals surface area contributed by atoms with Crippen molar-refractivity contribution in [3.63, 3.8) is 0 Å². The van der Waals surface area contributed by atoms with Gasteiger partial charge in [0.1, 0.15) is 6.61 Å². The van der Waals surface area contributed by atoms with E-state index in [1.54, 1.807) is 12.3 Å².